The fraction of sp³-hybridized carbons (Fsp3) is 0.857. The van der Waals surface area contributed by atoms with E-state index in [1.165, 1.54) is 4.90 Å². The average molecular weight is 570 g/mol. The van der Waals surface area contributed by atoms with Crippen molar-refractivity contribution >= 4 is 24.1 Å². The molecule has 228 valence electrons. The topological polar surface area (TPSA) is 146 Å². The van der Waals surface area contributed by atoms with Crippen molar-refractivity contribution in [3.63, 3.8) is 0 Å². The fourth-order valence-corrected chi connectivity index (χ4v) is 5.79. The molecule has 40 heavy (non-hydrogen) atoms. The zero-order valence-corrected chi connectivity index (χ0v) is 24.8. The third-order valence-electron chi connectivity index (χ3n) is 7.64. The second kappa shape index (κ2) is 12.9. The lowest BCUT2D eigenvalue weighted by atomic mass is 9.79. The molecule has 3 amide bonds. The Morgan fingerprint density at radius 3 is 2.00 bits per heavy atom. The third kappa shape index (κ3) is 8.70. The number of amides is 3. The van der Waals surface area contributed by atoms with Crippen molar-refractivity contribution in [1.82, 2.24) is 14.7 Å². The van der Waals surface area contributed by atoms with Crippen LogP contribution in [0.15, 0.2) is 0 Å². The first-order valence-electron chi connectivity index (χ1n) is 14.3. The maximum atomic E-state index is 13.7. The average Bonchev–Trinajstić information content (AvgIpc) is 2.86. The molecule has 3 aliphatic heterocycles. The van der Waals surface area contributed by atoms with Gasteiger partial charge in [0.15, 0.2) is 0 Å². The number of aliphatic hydroxyl groups is 1. The van der Waals surface area contributed by atoms with Crippen LogP contribution in [0.5, 0.6) is 0 Å². The predicted octanol–water partition coefficient (Wildman–Crippen LogP) is 2.43. The van der Waals surface area contributed by atoms with E-state index in [1.807, 2.05) is 20.8 Å². The molecule has 0 aromatic heterocycles. The van der Waals surface area contributed by atoms with Gasteiger partial charge in [-0.3, -0.25) is 9.59 Å². The molecule has 0 saturated carbocycles. The standard InChI is InChI=1S/C28H47N3O9/c1-27(2,3)39-25(36)30-9-7-18(8-11-32)21(16-30)22-17-29(10-12-38-22)23(33)19-13-20(24(34)35)15-31(14-19)26(37)40-28(4,5)6/h18-22,32H,7-17H2,1-6H3,(H,34,35). The normalized spacial score (nSPS) is 28.2. The lowest BCUT2D eigenvalue weighted by molar-refractivity contribution is -0.153. The second-order valence-corrected chi connectivity index (χ2v) is 13.2. The smallest absolute Gasteiger partial charge is 0.410 e. The molecule has 0 aromatic rings. The number of rotatable bonds is 5. The molecule has 2 N–H and O–H groups in total. The van der Waals surface area contributed by atoms with Crippen molar-refractivity contribution in [1.29, 1.82) is 0 Å². The van der Waals surface area contributed by atoms with Crippen LogP contribution in [0.2, 0.25) is 0 Å². The summed E-state index contributed by atoms with van der Waals surface area (Å²) in [4.78, 5) is 55.9. The lowest BCUT2D eigenvalue weighted by Gasteiger charge is -2.46. The molecule has 3 rings (SSSR count). The van der Waals surface area contributed by atoms with E-state index in [4.69, 9.17) is 14.2 Å². The summed E-state index contributed by atoms with van der Waals surface area (Å²) in [5.41, 5.74) is -1.37. The summed E-state index contributed by atoms with van der Waals surface area (Å²) in [5.74, 6) is -2.83. The number of carbonyl (C=O) groups excluding carboxylic acids is 3. The Balaban J connectivity index is 1.72. The van der Waals surface area contributed by atoms with Gasteiger partial charge in [0.2, 0.25) is 5.91 Å². The SMILES string of the molecule is CC(C)(C)OC(=O)N1CC(C(=O)O)CC(C(=O)N2CCOC(C3CN(C(=O)OC(C)(C)C)CCC3CCO)C2)C1. The van der Waals surface area contributed by atoms with E-state index in [-0.39, 0.29) is 56.5 Å². The molecule has 5 unspecified atom stereocenters. The molecule has 3 saturated heterocycles. The summed E-state index contributed by atoms with van der Waals surface area (Å²) in [6.07, 6.45) is -0.000579. The highest BCUT2D eigenvalue weighted by molar-refractivity contribution is 5.82. The van der Waals surface area contributed by atoms with Gasteiger partial charge in [-0.2, -0.15) is 0 Å². The van der Waals surface area contributed by atoms with E-state index in [9.17, 15) is 29.4 Å². The number of carbonyl (C=O) groups is 4. The molecule has 5 atom stereocenters. The molecule has 0 bridgehead atoms. The van der Waals surface area contributed by atoms with Crippen LogP contribution in [0.4, 0.5) is 9.59 Å². The van der Waals surface area contributed by atoms with Crippen molar-refractivity contribution in [2.24, 2.45) is 23.7 Å². The molecular formula is C28H47N3O9. The molecule has 3 fully saturated rings. The van der Waals surface area contributed by atoms with Gasteiger partial charge < -0.3 is 39.1 Å². The molecule has 0 aliphatic carbocycles. The van der Waals surface area contributed by atoms with Gasteiger partial charge in [-0.25, -0.2) is 9.59 Å². The van der Waals surface area contributed by atoms with E-state index in [0.29, 0.717) is 39.1 Å². The summed E-state index contributed by atoms with van der Waals surface area (Å²) >= 11 is 0. The van der Waals surface area contributed by atoms with E-state index < -0.39 is 41.2 Å². The highest BCUT2D eigenvalue weighted by Crippen LogP contribution is 2.34. The van der Waals surface area contributed by atoms with E-state index in [0.717, 1.165) is 0 Å². The van der Waals surface area contributed by atoms with Gasteiger partial charge in [-0.1, -0.05) is 0 Å². The summed E-state index contributed by atoms with van der Waals surface area (Å²) in [6, 6.07) is 0. The minimum absolute atomic E-state index is 0.00875. The number of piperidine rings is 2. The van der Waals surface area contributed by atoms with Crippen LogP contribution in [0.1, 0.15) is 60.8 Å². The number of likely N-dealkylation sites (tertiary alicyclic amines) is 2. The minimum Gasteiger partial charge on any atom is -0.481 e. The highest BCUT2D eigenvalue weighted by atomic mass is 16.6. The number of carboxylic acids is 1. The van der Waals surface area contributed by atoms with Crippen molar-refractivity contribution in [2.75, 3.05) is 52.5 Å². The molecule has 3 heterocycles. The van der Waals surface area contributed by atoms with Crippen LogP contribution >= 0.6 is 0 Å². The second-order valence-electron chi connectivity index (χ2n) is 13.2. The van der Waals surface area contributed by atoms with E-state index >= 15 is 0 Å². The Hall–Kier alpha value is -2.60. The lowest BCUT2D eigenvalue weighted by Crippen LogP contribution is -2.57. The minimum atomic E-state index is -1.05. The van der Waals surface area contributed by atoms with Crippen molar-refractivity contribution in [2.45, 2.75) is 78.1 Å². The Bertz CT molecular complexity index is 929. The fourth-order valence-electron chi connectivity index (χ4n) is 5.79. The first-order valence-corrected chi connectivity index (χ1v) is 14.3. The number of ether oxygens (including phenoxy) is 3. The van der Waals surface area contributed by atoms with Gasteiger partial charge >= 0.3 is 18.2 Å². The Morgan fingerprint density at radius 2 is 1.43 bits per heavy atom. The van der Waals surface area contributed by atoms with Crippen molar-refractivity contribution in [3.8, 4) is 0 Å². The number of morpholine rings is 1. The predicted molar refractivity (Wildman–Crippen MR) is 144 cm³/mol. The maximum absolute atomic E-state index is 13.7. The largest absolute Gasteiger partial charge is 0.481 e. The Labute approximate surface area is 236 Å². The van der Waals surface area contributed by atoms with Gasteiger partial charge in [0.1, 0.15) is 11.2 Å². The number of aliphatic carboxylic acids is 1. The number of hydrogen-bond acceptors (Lipinski definition) is 8. The van der Waals surface area contributed by atoms with Crippen LogP contribution in [-0.2, 0) is 23.8 Å². The quantitative estimate of drug-likeness (QED) is 0.510. The molecule has 12 heteroatoms. The van der Waals surface area contributed by atoms with Gasteiger partial charge in [-0.05, 0) is 66.7 Å². The molecular weight excluding hydrogens is 522 g/mol. The van der Waals surface area contributed by atoms with Gasteiger partial charge in [0.05, 0.1) is 24.5 Å². The number of nitrogens with zero attached hydrogens (tertiary/aromatic N) is 3. The van der Waals surface area contributed by atoms with Crippen LogP contribution in [0.3, 0.4) is 0 Å². The van der Waals surface area contributed by atoms with Crippen molar-refractivity contribution < 1.29 is 43.6 Å². The zero-order chi connectivity index (χ0) is 29.8. The Kier molecular flexibility index (Phi) is 10.3. The van der Waals surface area contributed by atoms with Crippen LogP contribution < -0.4 is 0 Å². The summed E-state index contributed by atoms with van der Waals surface area (Å²) in [6.45, 7) is 12.6. The number of aliphatic hydroxyl groups excluding tert-OH is 1. The summed E-state index contributed by atoms with van der Waals surface area (Å²) in [5, 5.41) is 19.4. The van der Waals surface area contributed by atoms with Crippen molar-refractivity contribution in [3.05, 3.63) is 0 Å². The summed E-state index contributed by atoms with van der Waals surface area (Å²) < 4.78 is 17.2. The van der Waals surface area contributed by atoms with E-state index in [1.54, 1.807) is 30.6 Å². The zero-order valence-electron chi connectivity index (χ0n) is 24.8. The highest BCUT2D eigenvalue weighted by Gasteiger charge is 2.43. The molecule has 0 spiro atoms. The van der Waals surface area contributed by atoms with Gasteiger partial charge in [-0.15, -0.1) is 0 Å². The number of carboxylic acid groups (broad SMARTS) is 1. The van der Waals surface area contributed by atoms with Gasteiger partial charge in [0, 0.05) is 51.8 Å². The first kappa shape index (κ1) is 31.9. The van der Waals surface area contributed by atoms with Crippen LogP contribution in [0, 0.1) is 23.7 Å². The maximum Gasteiger partial charge on any atom is 0.410 e. The monoisotopic (exact) mass is 569 g/mol. The molecule has 0 radical (unpaired) electrons. The van der Waals surface area contributed by atoms with Gasteiger partial charge in [0.25, 0.3) is 0 Å². The first-order chi connectivity index (χ1) is 18.6. The molecule has 0 aromatic carbocycles. The van der Waals surface area contributed by atoms with Crippen LogP contribution in [0.25, 0.3) is 0 Å². The van der Waals surface area contributed by atoms with Crippen LogP contribution in [-0.4, -0.2) is 119 Å². The molecule has 12 nitrogen and oxygen atoms in total. The number of hydrogen-bond donors (Lipinski definition) is 2. The third-order valence-corrected chi connectivity index (χ3v) is 7.64. The Morgan fingerprint density at radius 1 is 0.825 bits per heavy atom. The summed E-state index contributed by atoms with van der Waals surface area (Å²) in [7, 11) is 0. The molecule has 3 aliphatic rings. The van der Waals surface area contributed by atoms with E-state index in [2.05, 4.69) is 0 Å².